The highest BCUT2D eigenvalue weighted by molar-refractivity contribution is 5.94. The molecule has 0 saturated heterocycles. The lowest BCUT2D eigenvalue weighted by atomic mass is 10.2. The Hall–Kier alpha value is -3.61. The molecule has 0 aliphatic rings. The molecule has 0 spiro atoms. The molecule has 29 heavy (non-hydrogen) atoms. The molecule has 0 fully saturated rings. The van der Waals surface area contributed by atoms with Crippen molar-refractivity contribution in [3.63, 3.8) is 0 Å². The van der Waals surface area contributed by atoms with E-state index in [4.69, 9.17) is 9.26 Å². The predicted molar refractivity (Wildman–Crippen MR) is 108 cm³/mol. The fourth-order valence-electron chi connectivity index (χ4n) is 3.08. The zero-order chi connectivity index (χ0) is 20.2. The highest BCUT2D eigenvalue weighted by Gasteiger charge is 2.10. The largest absolute Gasteiger partial charge is 0.489 e. The standard InChI is InChI=1S/C22H22N4O3/c1-15-20(16(2)29-25-15)14-28-19-8-6-17(7-9-19)22(27)23-11-10-18-13-26-12-4-3-5-21(26)24-18/h3-9,12-13H,10-11,14H2,1-2H3,(H,23,27). The minimum absolute atomic E-state index is 0.119. The maximum atomic E-state index is 12.4. The van der Waals surface area contributed by atoms with Gasteiger partial charge in [0, 0.05) is 30.9 Å². The van der Waals surface area contributed by atoms with E-state index in [0.717, 1.165) is 28.4 Å². The lowest BCUT2D eigenvalue weighted by molar-refractivity contribution is 0.0954. The average Bonchev–Trinajstić information content (AvgIpc) is 3.29. The summed E-state index contributed by atoms with van der Waals surface area (Å²) in [4.78, 5) is 16.9. The van der Waals surface area contributed by atoms with E-state index in [2.05, 4.69) is 15.5 Å². The number of nitrogens with one attached hydrogen (secondary N) is 1. The first-order valence-electron chi connectivity index (χ1n) is 9.45. The molecule has 1 N–H and O–H groups in total. The molecule has 0 atom stereocenters. The summed E-state index contributed by atoms with van der Waals surface area (Å²) >= 11 is 0. The summed E-state index contributed by atoms with van der Waals surface area (Å²) in [7, 11) is 0. The number of aryl methyl sites for hydroxylation is 2. The Labute approximate surface area is 168 Å². The van der Waals surface area contributed by atoms with Crippen LogP contribution in [-0.2, 0) is 13.0 Å². The van der Waals surface area contributed by atoms with Gasteiger partial charge in [0.15, 0.2) is 0 Å². The van der Waals surface area contributed by atoms with Crippen LogP contribution in [0.15, 0.2) is 59.4 Å². The second-order valence-electron chi connectivity index (χ2n) is 6.82. The van der Waals surface area contributed by atoms with Crippen LogP contribution in [0, 0.1) is 13.8 Å². The fraction of sp³-hybridized carbons (Fsp3) is 0.227. The zero-order valence-electron chi connectivity index (χ0n) is 16.4. The van der Waals surface area contributed by atoms with Gasteiger partial charge in [0.25, 0.3) is 5.91 Å². The summed E-state index contributed by atoms with van der Waals surface area (Å²) in [5, 5.41) is 6.85. The zero-order valence-corrected chi connectivity index (χ0v) is 16.4. The summed E-state index contributed by atoms with van der Waals surface area (Å²) in [6, 6.07) is 12.9. The van der Waals surface area contributed by atoms with Crippen LogP contribution in [0.25, 0.3) is 5.65 Å². The topological polar surface area (TPSA) is 81.7 Å². The quantitative estimate of drug-likeness (QED) is 0.522. The van der Waals surface area contributed by atoms with Crippen molar-refractivity contribution >= 4 is 11.6 Å². The van der Waals surface area contributed by atoms with E-state index in [9.17, 15) is 4.79 Å². The van der Waals surface area contributed by atoms with Crippen molar-refractivity contribution in [2.24, 2.45) is 0 Å². The Balaban J connectivity index is 1.28. The van der Waals surface area contributed by atoms with Crippen LogP contribution >= 0.6 is 0 Å². The highest BCUT2D eigenvalue weighted by Crippen LogP contribution is 2.18. The van der Waals surface area contributed by atoms with Gasteiger partial charge in [-0.1, -0.05) is 11.2 Å². The van der Waals surface area contributed by atoms with E-state index >= 15 is 0 Å². The van der Waals surface area contributed by atoms with Crippen molar-refractivity contribution in [2.45, 2.75) is 26.9 Å². The van der Waals surface area contributed by atoms with Crippen LogP contribution < -0.4 is 10.1 Å². The van der Waals surface area contributed by atoms with Crippen molar-refractivity contribution in [2.75, 3.05) is 6.54 Å². The smallest absolute Gasteiger partial charge is 0.251 e. The highest BCUT2D eigenvalue weighted by atomic mass is 16.5. The van der Waals surface area contributed by atoms with Crippen LogP contribution in [-0.4, -0.2) is 27.0 Å². The third kappa shape index (κ3) is 4.29. The Morgan fingerprint density at radius 2 is 2.00 bits per heavy atom. The molecular weight excluding hydrogens is 368 g/mol. The first-order chi connectivity index (χ1) is 14.1. The van der Waals surface area contributed by atoms with Gasteiger partial charge in [-0.15, -0.1) is 0 Å². The molecular formula is C22H22N4O3. The van der Waals surface area contributed by atoms with Crippen molar-refractivity contribution in [1.82, 2.24) is 19.9 Å². The molecule has 1 aromatic carbocycles. The van der Waals surface area contributed by atoms with E-state index in [1.165, 1.54) is 0 Å². The van der Waals surface area contributed by atoms with Gasteiger partial charge in [0.05, 0.1) is 17.0 Å². The summed E-state index contributed by atoms with van der Waals surface area (Å²) in [5.41, 5.74) is 4.20. The number of rotatable bonds is 7. The SMILES string of the molecule is Cc1noc(C)c1COc1ccc(C(=O)NCCc2cn3ccccc3n2)cc1. The second-order valence-corrected chi connectivity index (χ2v) is 6.82. The second kappa shape index (κ2) is 8.18. The predicted octanol–water partition coefficient (Wildman–Crippen LogP) is 3.49. The van der Waals surface area contributed by atoms with Gasteiger partial charge in [-0.2, -0.15) is 0 Å². The molecule has 7 nitrogen and oxygen atoms in total. The minimum atomic E-state index is -0.119. The number of hydrogen-bond acceptors (Lipinski definition) is 5. The van der Waals surface area contributed by atoms with Gasteiger partial charge in [0.1, 0.15) is 23.8 Å². The molecule has 0 aliphatic carbocycles. The lowest BCUT2D eigenvalue weighted by Crippen LogP contribution is -2.25. The minimum Gasteiger partial charge on any atom is -0.489 e. The maximum Gasteiger partial charge on any atom is 0.251 e. The number of carbonyl (C=O) groups is 1. The molecule has 0 saturated carbocycles. The lowest BCUT2D eigenvalue weighted by Gasteiger charge is -2.08. The number of aromatic nitrogens is 3. The van der Waals surface area contributed by atoms with Gasteiger partial charge in [-0.05, 0) is 50.2 Å². The first-order valence-corrected chi connectivity index (χ1v) is 9.45. The first kappa shape index (κ1) is 18.7. The fourth-order valence-corrected chi connectivity index (χ4v) is 3.08. The molecule has 0 radical (unpaired) electrons. The average molecular weight is 390 g/mol. The van der Waals surface area contributed by atoms with Gasteiger partial charge in [-0.3, -0.25) is 4.79 Å². The molecule has 3 heterocycles. The normalized spacial score (nSPS) is 11.0. The molecule has 4 rings (SSSR count). The van der Waals surface area contributed by atoms with Gasteiger partial charge >= 0.3 is 0 Å². The van der Waals surface area contributed by atoms with Crippen LogP contribution in [0.2, 0.25) is 0 Å². The Kier molecular flexibility index (Phi) is 5.29. The molecule has 0 aliphatic heterocycles. The molecule has 4 aromatic rings. The van der Waals surface area contributed by atoms with Crippen LogP contribution in [0.5, 0.6) is 5.75 Å². The number of nitrogens with zero attached hydrogens (tertiary/aromatic N) is 3. The Morgan fingerprint density at radius 3 is 2.72 bits per heavy atom. The van der Waals surface area contributed by atoms with E-state index in [1.54, 1.807) is 24.3 Å². The summed E-state index contributed by atoms with van der Waals surface area (Å²) in [5.74, 6) is 1.32. The molecule has 1 amide bonds. The van der Waals surface area contributed by atoms with Crippen molar-refractivity contribution in [3.05, 3.63) is 83.1 Å². The number of hydrogen-bond donors (Lipinski definition) is 1. The Bertz CT molecular complexity index is 1080. The monoisotopic (exact) mass is 390 g/mol. The molecule has 148 valence electrons. The van der Waals surface area contributed by atoms with Crippen LogP contribution in [0.1, 0.15) is 33.1 Å². The van der Waals surface area contributed by atoms with E-state index in [-0.39, 0.29) is 5.91 Å². The summed E-state index contributed by atoms with van der Waals surface area (Å²) in [6.07, 6.45) is 4.61. The van der Waals surface area contributed by atoms with Crippen molar-refractivity contribution in [3.8, 4) is 5.75 Å². The Morgan fingerprint density at radius 1 is 1.17 bits per heavy atom. The number of benzene rings is 1. The number of imidazole rings is 1. The van der Waals surface area contributed by atoms with Crippen molar-refractivity contribution < 1.29 is 14.1 Å². The third-order valence-corrected chi connectivity index (χ3v) is 4.76. The third-order valence-electron chi connectivity index (χ3n) is 4.76. The summed E-state index contributed by atoms with van der Waals surface area (Å²) in [6.45, 7) is 4.64. The number of ether oxygens (including phenoxy) is 1. The number of pyridine rings is 1. The summed E-state index contributed by atoms with van der Waals surface area (Å²) < 4.78 is 12.9. The van der Waals surface area contributed by atoms with Crippen LogP contribution in [0.4, 0.5) is 0 Å². The number of fused-ring (bicyclic) bond motifs is 1. The molecule has 3 aromatic heterocycles. The van der Waals surface area contributed by atoms with E-state index in [0.29, 0.717) is 30.9 Å². The van der Waals surface area contributed by atoms with Gasteiger partial charge in [0.2, 0.25) is 0 Å². The molecule has 7 heteroatoms. The van der Waals surface area contributed by atoms with E-state index in [1.807, 2.05) is 48.8 Å². The number of carbonyl (C=O) groups excluding carboxylic acids is 1. The van der Waals surface area contributed by atoms with Crippen LogP contribution in [0.3, 0.4) is 0 Å². The van der Waals surface area contributed by atoms with Gasteiger partial charge < -0.3 is 19.0 Å². The van der Waals surface area contributed by atoms with Crippen molar-refractivity contribution in [1.29, 1.82) is 0 Å². The molecule has 0 unspecified atom stereocenters. The maximum absolute atomic E-state index is 12.4. The van der Waals surface area contributed by atoms with E-state index < -0.39 is 0 Å². The molecule has 0 bridgehead atoms. The number of amides is 1. The van der Waals surface area contributed by atoms with Gasteiger partial charge in [-0.25, -0.2) is 4.98 Å².